The highest BCUT2D eigenvalue weighted by Gasteiger charge is 2.29. The summed E-state index contributed by atoms with van der Waals surface area (Å²) in [4.78, 5) is 16.5. The monoisotopic (exact) mass is 391 g/mol. The molecule has 2 aromatic carbocycles. The Morgan fingerprint density at radius 2 is 1.86 bits per heavy atom. The zero-order valence-electron chi connectivity index (χ0n) is 14.8. The van der Waals surface area contributed by atoms with Gasteiger partial charge in [-0.05, 0) is 29.8 Å². The second-order valence-corrected chi connectivity index (χ2v) is 5.89. The van der Waals surface area contributed by atoms with E-state index in [1.54, 1.807) is 31.2 Å². The lowest BCUT2D eigenvalue weighted by atomic mass is 10.1. The van der Waals surface area contributed by atoms with E-state index in [-0.39, 0.29) is 18.7 Å². The molecule has 0 bridgehead atoms. The number of nitrogens with zero attached hydrogens (tertiary/aromatic N) is 2. The molecule has 0 radical (unpaired) electrons. The Balaban J connectivity index is 1.62. The SMILES string of the molecule is Cc1nc(COc2ccccc2C(=O)NCc2ccc(C(F)(F)F)cc2)no1. The van der Waals surface area contributed by atoms with Crippen molar-refractivity contribution in [3.63, 3.8) is 0 Å². The van der Waals surface area contributed by atoms with Gasteiger partial charge in [0, 0.05) is 13.5 Å². The van der Waals surface area contributed by atoms with E-state index in [1.807, 2.05) is 0 Å². The summed E-state index contributed by atoms with van der Waals surface area (Å²) < 4.78 is 48.2. The van der Waals surface area contributed by atoms with E-state index >= 15 is 0 Å². The van der Waals surface area contributed by atoms with Crippen LogP contribution in [0.4, 0.5) is 13.2 Å². The first-order valence-corrected chi connectivity index (χ1v) is 8.28. The molecule has 9 heteroatoms. The lowest BCUT2D eigenvalue weighted by Gasteiger charge is -2.11. The highest BCUT2D eigenvalue weighted by Crippen LogP contribution is 2.29. The van der Waals surface area contributed by atoms with Gasteiger partial charge in [0.05, 0.1) is 11.1 Å². The molecule has 0 aliphatic rings. The van der Waals surface area contributed by atoms with Crippen molar-refractivity contribution in [1.29, 1.82) is 0 Å². The van der Waals surface area contributed by atoms with Gasteiger partial charge in [0.2, 0.25) is 11.7 Å². The second-order valence-electron chi connectivity index (χ2n) is 5.89. The van der Waals surface area contributed by atoms with E-state index in [9.17, 15) is 18.0 Å². The minimum absolute atomic E-state index is 0.0283. The van der Waals surface area contributed by atoms with Gasteiger partial charge in [-0.1, -0.05) is 29.4 Å². The fraction of sp³-hybridized carbons (Fsp3) is 0.211. The maximum Gasteiger partial charge on any atom is 0.416 e. The van der Waals surface area contributed by atoms with Gasteiger partial charge in [-0.3, -0.25) is 4.79 Å². The van der Waals surface area contributed by atoms with Crippen molar-refractivity contribution in [2.45, 2.75) is 26.3 Å². The Labute approximate surface area is 158 Å². The normalized spacial score (nSPS) is 11.3. The van der Waals surface area contributed by atoms with Gasteiger partial charge in [0.1, 0.15) is 5.75 Å². The van der Waals surface area contributed by atoms with Crippen molar-refractivity contribution >= 4 is 5.91 Å². The van der Waals surface area contributed by atoms with Crippen LogP contribution in [0.15, 0.2) is 53.1 Å². The summed E-state index contributed by atoms with van der Waals surface area (Å²) in [6.45, 7) is 1.76. The van der Waals surface area contributed by atoms with Crippen LogP contribution in [0.2, 0.25) is 0 Å². The smallest absolute Gasteiger partial charge is 0.416 e. The molecule has 1 heterocycles. The molecular weight excluding hydrogens is 375 g/mol. The van der Waals surface area contributed by atoms with Crippen molar-refractivity contribution in [3.05, 3.63) is 76.9 Å². The number of nitrogens with one attached hydrogen (secondary N) is 1. The number of ether oxygens (including phenoxy) is 1. The van der Waals surface area contributed by atoms with Crippen LogP contribution in [-0.2, 0) is 19.3 Å². The molecule has 146 valence electrons. The molecule has 6 nitrogen and oxygen atoms in total. The third kappa shape index (κ3) is 4.87. The van der Waals surface area contributed by atoms with Crippen molar-refractivity contribution in [2.24, 2.45) is 0 Å². The Hall–Kier alpha value is -3.36. The number of hydrogen-bond donors (Lipinski definition) is 1. The van der Waals surface area contributed by atoms with Gasteiger partial charge in [-0.15, -0.1) is 0 Å². The van der Waals surface area contributed by atoms with Crippen LogP contribution in [0.5, 0.6) is 5.75 Å². The highest BCUT2D eigenvalue weighted by molar-refractivity contribution is 5.96. The van der Waals surface area contributed by atoms with Crippen LogP contribution in [-0.4, -0.2) is 16.0 Å². The average molecular weight is 391 g/mol. The molecular formula is C19H16F3N3O3. The molecule has 3 aromatic rings. The predicted molar refractivity (Wildman–Crippen MR) is 92.4 cm³/mol. The summed E-state index contributed by atoms with van der Waals surface area (Å²) in [6.07, 6.45) is -4.39. The molecule has 0 unspecified atom stereocenters. The van der Waals surface area contributed by atoms with Crippen LogP contribution in [0, 0.1) is 6.92 Å². The lowest BCUT2D eigenvalue weighted by molar-refractivity contribution is -0.137. The Morgan fingerprint density at radius 3 is 2.50 bits per heavy atom. The third-order valence-corrected chi connectivity index (χ3v) is 3.79. The predicted octanol–water partition coefficient (Wildman–Crippen LogP) is 3.91. The number of aromatic nitrogens is 2. The van der Waals surface area contributed by atoms with Gasteiger partial charge in [0.15, 0.2) is 6.61 Å². The van der Waals surface area contributed by atoms with E-state index in [0.717, 1.165) is 12.1 Å². The zero-order chi connectivity index (χ0) is 20.1. The molecule has 0 aliphatic carbocycles. The van der Waals surface area contributed by atoms with Gasteiger partial charge in [-0.2, -0.15) is 18.2 Å². The maximum atomic E-state index is 12.6. The molecule has 1 amide bonds. The number of aryl methyl sites for hydroxylation is 1. The summed E-state index contributed by atoms with van der Waals surface area (Å²) in [7, 11) is 0. The van der Waals surface area contributed by atoms with E-state index in [4.69, 9.17) is 9.26 Å². The molecule has 1 aromatic heterocycles. The first kappa shape index (κ1) is 19.4. The molecule has 0 atom stereocenters. The Bertz CT molecular complexity index is 953. The van der Waals surface area contributed by atoms with E-state index < -0.39 is 17.6 Å². The number of para-hydroxylation sites is 1. The van der Waals surface area contributed by atoms with E-state index in [0.29, 0.717) is 23.0 Å². The van der Waals surface area contributed by atoms with Crippen LogP contribution in [0.1, 0.15) is 33.2 Å². The minimum Gasteiger partial charge on any atom is -0.485 e. The topological polar surface area (TPSA) is 77.2 Å². The number of rotatable bonds is 6. The Kier molecular flexibility index (Phi) is 5.62. The molecule has 1 N–H and O–H groups in total. The summed E-state index contributed by atoms with van der Waals surface area (Å²) in [5, 5.41) is 6.38. The minimum atomic E-state index is -4.39. The van der Waals surface area contributed by atoms with Crippen molar-refractivity contribution in [3.8, 4) is 5.75 Å². The standard InChI is InChI=1S/C19H16F3N3O3/c1-12-24-17(25-28-12)11-27-16-5-3-2-4-15(16)18(26)23-10-13-6-8-14(9-7-13)19(20,21)22/h2-9H,10-11H2,1H3,(H,23,26). The van der Waals surface area contributed by atoms with Crippen molar-refractivity contribution < 1.29 is 27.2 Å². The number of carbonyl (C=O) groups is 1. The number of alkyl halides is 3. The van der Waals surface area contributed by atoms with Crippen LogP contribution < -0.4 is 10.1 Å². The fourth-order valence-corrected chi connectivity index (χ4v) is 2.41. The number of amides is 1. The first-order valence-electron chi connectivity index (χ1n) is 8.28. The zero-order valence-corrected chi connectivity index (χ0v) is 14.8. The number of halogens is 3. The highest BCUT2D eigenvalue weighted by atomic mass is 19.4. The second kappa shape index (κ2) is 8.12. The first-order chi connectivity index (χ1) is 13.3. The van der Waals surface area contributed by atoms with Gasteiger partial charge in [0.25, 0.3) is 5.91 Å². The van der Waals surface area contributed by atoms with E-state index in [2.05, 4.69) is 15.5 Å². The summed E-state index contributed by atoms with van der Waals surface area (Å²) in [5.74, 6) is 0.660. The van der Waals surface area contributed by atoms with Crippen molar-refractivity contribution in [1.82, 2.24) is 15.5 Å². The molecule has 0 saturated carbocycles. The third-order valence-electron chi connectivity index (χ3n) is 3.79. The van der Waals surface area contributed by atoms with Crippen LogP contribution >= 0.6 is 0 Å². The molecule has 28 heavy (non-hydrogen) atoms. The molecule has 3 rings (SSSR count). The van der Waals surface area contributed by atoms with Crippen molar-refractivity contribution in [2.75, 3.05) is 0 Å². The quantitative estimate of drug-likeness (QED) is 0.690. The molecule has 0 spiro atoms. The molecule has 0 aliphatic heterocycles. The number of hydrogen-bond acceptors (Lipinski definition) is 5. The summed E-state index contributed by atoms with van der Waals surface area (Å²) in [6, 6.07) is 11.2. The van der Waals surface area contributed by atoms with Gasteiger partial charge >= 0.3 is 6.18 Å². The van der Waals surface area contributed by atoms with E-state index in [1.165, 1.54) is 12.1 Å². The fourth-order valence-electron chi connectivity index (χ4n) is 2.41. The number of carbonyl (C=O) groups excluding carboxylic acids is 1. The lowest BCUT2D eigenvalue weighted by Crippen LogP contribution is -2.23. The molecule has 0 fully saturated rings. The number of benzene rings is 2. The van der Waals surface area contributed by atoms with Crippen LogP contribution in [0.3, 0.4) is 0 Å². The average Bonchev–Trinajstić information content (AvgIpc) is 3.09. The van der Waals surface area contributed by atoms with Crippen LogP contribution in [0.25, 0.3) is 0 Å². The maximum absolute atomic E-state index is 12.6. The summed E-state index contributed by atoms with van der Waals surface area (Å²) >= 11 is 0. The Morgan fingerprint density at radius 1 is 1.14 bits per heavy atom. The largest absolute Gasteiger partial charge is 0.485 e. The summed E-state index contributed by atoms with van der Waals surface area (Å²) in [5.41, 5.74) is 0.0923. The molecule has 0 saturated heterocycles. The van der Waals surface area contributed by atoms with Gasteiger partial charge in [-0.25, -0.2) is 0 Å². The van der Waals surface area contributed by atoms with Gasteiger partial charge < -0.3 is 14.6 Å².